The first-order valence-electron chi connectivity index (χ1n) is 6.17. The van der Waals surface area contributed by atoms with Crippen molar-refractivity contribution >= 4 is 23.7 Å². The van der Waals surface area contributed by atoms with Crippen LogP contribution in [0.15, 0.2) is 6.07 Å². The first-order chi connectivity index (χ1) is 9.10. The van der Waals surface area contributed by atoms with E-state index in [1.54, 1.807) is 17.9 Å². The molecule has 104 valence electrons. The highest BCUT2D eigenvalue weighted by atomic mass is 16.6. The molecule has 1 fully saturated rings. The van der Waals surface area contributed by atoms with E-state index in [-0.39, 0.29) is 12.0 Å². The molecule has 8 nitrogen and oxygen atoms in total. The second kappa shape index (κ2) is 5.59. The van der Waals surface area contributed by atoms with Crippen molar-refractivity contribution in [2.24, 2.45) is 0 Å². The standard InChI is InChI=1S/C11H18N6O2/c1-2-19-11(18)17-5-3-16(4-6-17)9-7-8(12)14-10(13)15-9/h7H,2-6H2,1H3,(H4,12,13,14,15). The number of amides is 1. The van der Waals surface area contributed by atoms with Crippen molar-refractivity contribution in [1.82, 2.24) is 14.9 Å². The number of carbonyl (C=O) groups is 1. The van der Waals surface area contributed by atoms with Gasteiger partial charge in [0, 0.05) is 32.2 Å². The van der Waals surface area contributed by atoms with Gasteiger partial charge < -0.3 is 26.0 Å². The Morgan fingerprint density at radius 3 is 2.58 bits per heavy atom. The monoisotopic (exact) mass is 266 g/mol. The Bertz CT molecular complexity index is 438. The smallest absolute Gasteiger partial charge is 0.409 e. The van der Waals surface area contributed by atoms with Crippen LogP contribution in [0, 0.1) is 0 Å². The fourth-order valence-corrected chi connectivity index (χ4v) is 1.97. The average Bonchev–Trinajstić information content (AvgIpc) is 2.38. The Morgan fingerprint density at radius 1 is 1.32 bits per heavy atom. The number of piperazine rings is 1. The quantitative estimate of drug-likeness (QED) is 0.770. The molecular weight excluding hydrogens is 248 g/mol. The van der Waals surface area contributed by atoms with Gasteiger partial charge in [-0.05, 0) is 6.92 Å². The van der Waals surface area contributed by atoms with Crippen LogP contribution < -0.4 is 16.4 Å². The molecule has 8 heteroatoms. The highest BCUT2D eigenvalue weighted by Crippen LogP contribution is 2.17. The Kier molecular flexibility index (Phi) is 3.88. The Labute approximate surface area is 111 Å². The molecule has 4 N–H and O–H groups in total. The predicted molar refractivity (Wildman–Crippen MR) is 71.7 cm³/mol. The molecule has 1 aliphatic rings. The summed E-state index contributed by atoms with van der Waals surface area (Å²) in [6.07, 6.45) is -0.274. The zero-order valence-electron chi connectivity index (χ0n) is 10.9. The number of hydrogen-bond donors (Lipinski definition) is 2. The highest BCUT2D eigenvalue weighted by molar-refractivity contribution is 5.68. The predicted octanol–water partition coefficient (Wildman–Crippen LogP) is -0.0805. The van der Waals surface area contributed by atoms with E-state index in [4.69, 9.17) is 16.2 Å². The SMILES string of the molecule is CCOC(=O)N1CCN(c2cc(N)nc(N)n2)CC1. The van der Waals surface area contributed by atoms with Crippen molar-refractivity contribution in [3.8, 4) is 0 Å². The largest absolute Gasteiger partial charge is 0.450 e. The first kappa shape index (κ1) is 13.2. The Morgan fingerprint density at radius 2 is 2.00 bits per heavy atom. The lowest BCUT2D eigenvalue weighted by molar-refractivity contribution is 0.105. The summed E-state index contributed by atoms with van der Waals surface area (Å²) in [5.74, 6) is 1.19. The third-order valence-electron chi connectivity index (χ3n) is 2.88. The van der Waals surface area contributed by atoms with Crippen molar-refractivity contribution in [3.05, 3.63) is 6.07 Å². The van der Waals surface area contributed by atoms with Crippen LogP contribution in [0.5, 0.6) is 0 Å². The van der Waals surface area contributed by atoms with E-state index in [1.807, 2.05) is 4.90 Å². The van der Waals surface area contributed by atoms with E-state index in [9.17, 15) is 4.79 Å². The fourth-order valence-electron chi connectivity index (χ4n) is 1.97. The van der Waals surface area contributed by atoms with Crippen LogP contribution in [0.3, 0.4) is 0 Å². The maximum Gasteiger partial charge on any atom is 0.409 e. The van der Waals surface area contributed by atoms with Crippen molar-refractivity contribution in [2.75, 3.05) is 49.2 Å². The van der Waals surface area contributed by atoms with Gasteiger partial charge in [0.1, 0.15) is 11.6 Å². The number of hydrogen-bond acceptors (Lipinski definition) is 7. The van der Waals surface area contributed by atoms with Gasteiger partial charge in [0.2, 0.25) is 5.95 Å². The lowest BCUT2D eigenvalue weighted by atomic mass is 10.3. The third-order valence-corrected chi connectivity index (χ3v) is 2.88. The van der Waals surface area contributed by atoms with E-state index in [2.05, 4.69) is 9.97 Å². The number of nitrogens with two attached hydrogens (primary N) is 2. The highest BCUT2D eigenvalue weighted by Gasteiger charge is 2.23. The van der Waals surface area contributed by atoms with E-state index >= 15 is 0 Å². The second-order valence-electron chi connectivity index (χ2n) is 4.18. The second-order valence-corrected chi connectivity index (χ2v) is 4.18. The van der Waals surface area contributed by atoms with E-state index in [1.165, 1.54) is 0 Å². The van der Waals surface area contributed by atoms with Crippen LogP contribution in [0.4, 0.5) is 22.4 Å². The number of carbonyl (C=O) groups excluding carboxylic acids is 1. The summed E-state index contributed by atoms with van der Waals surface area (Å²) in [5, 5.41) is 0. The van der Waals surface area contributed by atoms with Gasteiger partial charge in [-0.1, -0.05) is 0 Å². The van der Waals surface area contributed by atoms with Gasteiger partial charge >= 0.3 is 6.09 Å². The van der Waals surface area contributed by atoms with Crippen LogP contribution in [0.1, 0.15) is 6.92 Å². The van der Waals surface area contributed by atoms with Crippen LogP contribution in [-0.4, -0.2) is 53.7 Å². The first-order valence-corrected chi connectivity index (χ1v) is 6.17. The normalized spacial score (nSPS) is 15.4. The third kappa shape index (κ3) is 3.15. The van der Waals surface area contributed by atoms with Gasteiger partial charge in [-0.25, -0.2) is 4.79 Å². The summed E-state index contributed by atoms with van der Waals surface area (Å²) in [5.41, 5.74) is 11.2. The van der Waals surface area contributed by atoms with Gasteiger partial charge in [0.15, 0.2) is 0 Å². The topological polar surface area (TPSA) is 111 Å². The number of nitrogens with zero attached hydrogens (tertiary/aromatic N) is 4. The number of aromatic nitrogens is 2. The maximum absolute atomic E-state index is 11.6. The van der Waals surface area contributed by atoms with Crippen molar-refractivity contribution in [1.29, 1.82) is 0 Å². The Balaban J connectivity index is 1.97. The zero-order valence-corrected chi connectivity index (χ0v) is 10.9. The van der Waals surface area contributed by atoms with Crippen LogP contribution >= 0.6 is 0 Å². The van der Waals surface area contributed by atoms with Gasteiger partial charge in [0.05, 0.1) is 6.61 Å². The molecule has 0 spiro atoms. The van der Waals surface area contributed by atoms with E-state index in [0.29, 0.717) is 44.4 Å². The van der Waals surface area contributed by atoms with Gasteiger partial charge in [0.25, 0.3) is 0 Å². The summed E-state index contributed by atoms with van der Waals surface area (Å²) >= 11 is 0. The minimum atomic E-state index is -0.274. The van der Waals surface area contributed by atoms with Crippen molar-refractivity contribution in [3.63, 3.8) is 0 Å². The Hall–Kier alpha value is -2.25. The lowest BCUT2D eigenvalue weighted by Crippen LogP contribution is -2.49. The molecule has 0 aromatic carbocycles. The van der Waals surface area contributed by atoms with Crippen LogP contribution in [0.25, 0.3) is 0 Å². The molecule has 19 heavy (non-hydrogen) atoms. The molecule has 0 radical (unpaired) electrons. The molecule has 1 aliphatic heterocycles. The fraction of sp³-hybridized carbons (Fsp3) is 0.545. The zero-order chi connectivity index (χ0) is 13.8. The molecule has 1 aromatic heterocycles. The summed E-state index contributed by atoms with van der Waals surface area (Å²) < 4.78 is 4.96. The molecule has 0 atom stereocenters. The number of ether oxygens (including phenoxy) is 1. The molecule has 2 heterocycles. The summed E-state index contributed by atoms with van der Waals surface area (Å²) in [4.78, 5) is 23.2. The molecule has 0 aliphatic carbocycles. The van der Waals surface area contributed by atoms with Gasteiger partial charge in [-0.2, -0.15) is 9.97 Å². The molecular formula is C11H18N6O2. The molecule has 1 aromatic rings. The molecule has 1 amide bonds. The molecule has 2 rings (SSSR count). The maximum atomic E-state index is 11.6. The number of nitrogen functional groups attached to an aromatic ring is 2. The number of anilines is 3. The number of rotatable bonds is 2. The lowest BCUT2D eigenvalue weighted by Gasteiger charge is -2.34. The van der Waals surface area contributed by atoms with Crippen molar-refractivity contribution < 1.29 is 9.53 Å². The van der Waals surface area contributed by atoms with E-state index in [0.717, 1.165) is 0 Å². The minimum absolute atomic E-state index is 0.155. The minimum Gasteiger partial charge on any atom is -0.450 e. The van der Waals surface area contributed by atoms with Crippen molar-refractivity contribution in [2.45, 2.75) is 6.92 Å². The summed E-state index contributed by atoms with van der Waals surface area (Å²) in [7, 11) is 0. The molecule has 0 unspecified atom stereocenters. The molecule has 0 bridgehead atoms. The van der Waals surface area contributed by atoms with Gasteiger partial charge in [-0.15, -0.1) is 0 Å². The molecule has 1 saturated heterocycles. The van der Waals surface area contributed by atoms with Gasteiger partial charge in [-0.3, -0.25) is 0 Å². The average molecular weight is 266 g/mol. The van der Waals surface area contributed by atoms with Crippen LogP contribution in [0.2, 0.25) is 0 Å². The van der Waals surface area contributed by atoms with Crippen LogP contribution in [-0.2, 0) is 4.74 Å². The summed E-state index contributed by atoms with van der Waals surface area (Å²) in [6.45, 7) is 4.67. The summed E-state index contributed by atoms with van der Waals surface area (Å²) in [6, 6.07) is 1.68. The van der Waals surface area contributed by atoms with E-state index < -0.39 is 0 Å². The molecule has 0 saturated carbocycles.